The van der Waals surface area contributed by atoms with Gasteiger partial charge >= 0.3 is 0 Å². The van der Waals surface area contributed by atoms with Gasteiger partial charge in [-0.2, -0.15) is 8.42 Å². The first-order chi connectivity index (χ1) is 34.0. The normalized spacial score (nSPS) is 11.5. The van der Waals surface area contributed by atoms with Crippen LogP contribution in [0, 0.1) is 27.7 Å². The van der Waals surface area contributed by atoms with Crippen LogP contribution in [0.3, 0.4) is 0 Å². The van der Waals surface area contributed by atoms with E-state index in [1.54, 1.807) is 67.2 Å². The number of aryl methyl sites for hydroxylation is 4. The zero-order valence-electron chi connectivity index (χ0n) is 40.1. The Morgan fingerprint density at radius 3 is 1.32 bits per heavy atom. The molecule has 0 spiro atoms. The lowest BCUT2D eigenvalue weighted by Crippen LogP contribution is -2.07. The van der Waals surface area contributed by atoms with Crippen LogP contribution in [0.1, 0.15) is 70.2 Å². The summed E-state index contributed by atoms with van der Waals surface area (Å²) >= 11 is 3.08. The highest BCUT2D eigenvalue weighted by Crippen LogP contribution is 2.29. The Balaban J connectivity index is 0.000000198. The van der Waals surface area contributed by atoms with Gasteiger partial charge in [-0.1, -0.05) is 132 Å². The molecule has 6 aromatic carbocycles. The fourth-order valence-electron chi connectivity index (χ4n) is 7.12. The molecule has 0 fully saturated rings. The SMILES string of the molecule is Cc1c(SCc2ccc(CCCCO)cc2)oc2ccccc2c1=O.Cc1ccc(S(=O)(=O)Cl)cc1.Cc1ccc(S(=O)(=O)OCCCCc2ccc(CSc3oc4ccccc4c(=O)c3C)cc2)cc1. The summed E-state index contributed by atoms with van der Waals surface area (Å²) in [5, 5.41) is 11.4. The number of thioether (sulfide) groups is 2. The maximum absolute atomic E-state index is 12.6. The minimum Gasteiger partial charge on any atom is -0.449 e. The Labute approximate surface area is 429 Å². The van der Waals surface area contributed by atoms with Crippen LogP contribution in [-0.4, -0.2) is 35.2 Å². The Bertz CT molecular complexity index is 3350. The number of unbranched alkanes of at least 4 members (excludes halogenated alkanes) is 2. The maximum atomic E-state index is 12.6. The zero-order valence-corrected chi connectivity index (χ0v) is 44.1. The molecule has 15 heteroatoms. The van der Waals surface area contributed by atoms with Crippen LogP contribution in [0.4, 0.5) is 0 Å². The third-order valence-corrected chi connectivity index (χ3v) is 16.3. The number of aliphatic hydroxyl groups is 1. The van der Waals surface area contributed by atoms with Crippen LogP contribution < -0.4 is 10.9 Å². The van der Waals surface area contributed by atoms with Gasteiger partial charge in [-0.05, 0) is 137 Å². The molecule has 0 aliphatic heterocycles. The number of fused-ring (bicyclic) bond motifs is 2. The Morgan fingerprint density at radius 1 is 0.507 bits per heavy atom. The lowest BCUT2D eigenvalue weighted by atomic mass is 10.1. The van der Waals surface area contributed by atoms with Crippen molar-refractivity contribution < 1.29 is 35.0 Å². The van der Waals surface area contributed by atoms with E-state index in [1.165, 1.54) is 40.6 Å². The van der Waals surface area contributed by atoms with Crippen molar-refractivity contribution in [2.45, 2.75) is 97.7 Å². The molecule has 2 heterocycles. The maximum Gasteiger partial charge on any atom is 0.296 e. The number of rotatable bonds is 18. The first-order valence-corrected chi connectivity index (χ1v) is 28.8. The predicted octanol–water partition coefficient (Wildman–Crippen LogP) is 13.1. The molecule has 0 atom stereocenters. The molecule has 372 valence electrons. The van der Waals surface area contributed by atoms with Crippen molar-refractivity contribution in [1.82, 2.24) is 0 Å². The van der Waals surface area contributed by atoms with Gasteiger partial charge in [0.2, 0.25) is 0 Å². The van der Waals surface area contributed by atoms with Crippen LogP contribution in [0.15, 0.2) is 184 Å². The molecule has 8 aromatic rings. The summed E-state index contributed by atoms with van der Waals surface area (Å²) in [4.78, 5) is 25.3. The minimum absolute atomic E-state index is 0.0142. The van der Waals surface area contributed by atoms with Gasteiger partial charge in [-0.3, -0.25) is 13.8 Å². The number of hydrogen-bond acceptors (Lipinski definition) is 12. The van der Waals surface area contributed by atoms with E-state index < -0.39 is 19.2 Å². The highest BCUT2D eigenvalue weighted by Gasteiger charge is 2.16. The molecular weight excluding hydrogens is 996 g/mol. The highest BCUT2D eigenvalue weighted by atomic mass is 35.7. The van der Waals surface area contributed by atoms with Gasteiger partial charge in [0.25, 0.3) is 19.2 Å². The lowest BCUT2D eigenvalue weighted by molar-refractivity contribution is 0.284. The monoisotopic (exact) mass is 1050 g/mol. The molecule has 0 bridgehead atoms. The second kappa shape index (κ2) is 26.3. The Morgan fingerprint density at radius 2 is 0.901 bits per heavy atom. The standard InChI is InChI=1S/C28H28O5S2.C21H22O3S.C7H7ClO2S/c1-20-10-16-24(17-11-20)35(30,31)32-18-6-5-7-22-12-14-23(15-13-22)19-34-28-21(2)27(29)25-8-3-4-9-26(25)33-28;1-15-20(23)18-7-2-3-8-19(18)24-21(15)25-14-17-11-9-16(10-12-17)6-4-5-13-22;1-6-2-4-7(5-3-6)11(8,9)10/h3-4,8-17H,5-7,18-19H2,1-2H3;2-3,7-12,22H,4-6,13-14H2,1H3;2-5H,1H3. The first kappa shape index (κ1) is 54.9. The van der Waals surface area contributed by atoms with Crippen LogP contribution in [-0.2, 0) is 47.7 Å². The van der Waals surface area contributed by atoms with E-state index in [4.69, 9.17) is 28.8 Å². The summed E-state index contributed by atoms with van der Waals surface area (Å²) < 4.78 is 62.9. The lowest BCUT2D eigenvalue weighted by Gasteiger charge is -2.08. The average Bonchev–Trinajstić information content (AvgIpc) is 3.36. The van der Waals surface area contributed by atoms with Crippen molar-refractivity contribution in [1.29, 1.82) is 0 Å². The van der Waals surface area contributed by atoms with Gasteiger partial charge in [0, 0.05) is 39.9 Å². The second-order valence-corrected chi connectivity index (χ2v) is 22.9. The van der Waals surface area contributed by atoms with E-state index in [0.29, 0.717) is 55.4 Å². The molecule has 0 aliphatic rings. The van der Waals surface area contributed by atoms with Gasteiger partial charge in [-0.25, -0.2) is 8.42 Å². The molecule has 0 radical (unpaired) electrons. The number of benzene rings is 6. The molecule has 1 N–H and O–H groups in total. The van der Waals surface area contributed by atoms with E-state index >= 15 is 0 Å². The van der Waals surface area contributed by atoms with Gasteiger partial charge in [-0.15, -0.1) is 0 Å². The number of aliphatic hydroxyl groups excluding tert-OH is 1. The van der Waals surface area contributed by atoms with Crippen molar-refractivity contribution in [2.75, 3.05) is 13.2 Å². The van der Waals surface area contributed by atoms with Crippen LogP contribution in [0.25, 0.3) is 21.9 Å². The first-order valence-electron chi connectivity index (χ1n) is 23.1. The smallest absolute Gasteiger partial charge is 0.296 e. The Kier molecular flexibility index (Phi) is 20.3. The van der Waals surface area contributed by atoms with Gasteiger partial charge in [0.1, 0.15) is 11.2 Å². The molecule has 2 aromatic heterocycles. The van der Waals surface area contributed by atoms with E-state index in [-0.39, 0.29) is 33.9 Å². The minimum atomic E-state index is -3.70. The summed E-state index contributed by atoms with van der Waals surface area (Å²) in [5.74, 6) is 1.46. The topological polar surface area (TPSA) is 158 Å². The number of para-hydroxylation sites is 2. The van der Waals surface area contributed by atoms with E-state index in [9.17, 15) is 26.4 Å². The van der Waals surface area contributed by atoms with Crippen LogP contribution in [0.5, 0.6) is 0 Å². The largest absolute Gasteiger partial charge is 0.449 e. The number of halogens is 1. The third kappa shape index (κ3) is 16.3. The summed E-state index contributed by atoms with van der Waals surface area (Å²) in [6.07, 6.45) is 5.18. The molecule has 71 heavy (non-hydrogen) atoms. The number of hydrogen-bond donors (Lipinski definition) is 1. The van der Waals surface area contributed by atoms with Gasteiger partial charge < -0.3 is 13.9 Å². The predicted molar refractivity (Wildman–Crippen MR) is 288 cm³/mol. The molecule has 0 aliphatic carbocycles. The van der Waals surface area contributed by atoms with Crippen molar-refractivity contribution in [3.63, 3.8) is 0 Å². The highest BCUT2D eigenvalue weighted by molar-refractivity contribution is 8.13. The van der Waals surface area contributed by atoms with Gasteiger partial charge in [0.15, 0.2) is 21.0 Å². The molecule has 10 nitrogen and oxygen atoms in total. The van der Waals surface area contributed by atoms with E-state index in [0.717, 1.165) is 54.5 Å². The molecule has 8 rings (SSSR count). The average molecular weight is 1050 g/mol. The van der Waals surface area contributed by atoms with Crippen LogP contribution >= 0.6 is 34.2 Å². The fraction of sp³-hybridized carbons (Fsp3) is 0.250. The van der Waals surface area contributed by atoms with Crippen molar-refractivity contribution in [3.8, 4) is 0 Å². The van der Waals surface area contributed by atoms with E-state index in [1.807, 2.05) is 57.2 Å². The summed E-state index contributed by atoms with van der Waals surface area (Å²) in [5.41, 5.74) is 9.44. The summed E-state index contributed by atoms with van der Waals surface area (Å²) in [6, 6.07) is 44.6. The molecule has 0 saturated carbocycles. The summed E-state index contributed by atoms with van der Waals surface area (Å²) in [7, 11) is -2.17. The molecular formula is C56H57ClO10S4. The summed E-state index contributed by atoms with van der Waals surface area (Å²) in [6.45, 7) is 7.84. The van der Waals surface area contributed by atoms with Gasteiger partial charge in [0.05, 0.1) is 27.2 Å². The molecule has 0 amide bonds. The third-order valence-electron chi connectivity index (χ3n) is 11.3. The van der Waals surface area contributed by atoms with Crippen molar-refractivity contribution >= 4 is 75.3 Å². The quantitative estimate of drug-likeness (QED) is 0.0376. The van der Waals surface area contributed by atoms with Crippen LogP contribution in [0.2, 0.25) is 0 Å². The second-order valence-electron chi connectivity index (χ2n) is 16.9. The fourth-order valence-corrected chi connectivity index (χ4v) is 10.7. The Hall–Kier alpha value is -5.45. The zero-order chi connectivity index (χ0) is 51.0. The van der Waals surface area contributed by atoms with Crippen molar-refractivity contribution in [2.24, 2.45) is 0 Å². The van der Waals surface area contributed by atoms with Crippen molar-refractivity contribution in [3.05, 3.63) is 211 Å². The molecule has 0 unspecified atom stereocenters. The van der Waals surface area contributed by atoms with E-state index in [2.05, 4.69) is 48.5 Å². The molecule has 0 saturated heterocycles.